The Hall–Kier alpha value is -2.96. The molecule has 1 heterocycles. The first-order valence-electron chi connectivity index (χ1n) is 10.1. The molecule has 3 rings (SSSR count). The highest BCUT2D eigenvalue weighted by atomic mass is 19.2. The van der Waals surface area contributed by atoms with E-state index < -0.39 is 11.6 Å². The summed E-state index contributed by atoms with van der Waals surface area (Å²) < 4.78 is 32.1. The highest BCUT2D eigenvalue weighted by molar-refractivity contribution is 5.81. The van der Waals surface area contributed by atoms with Crippen molar-refractivity contribution in [3.63, 3.8) is 0 Å². The third kappa shape index (κ3) is 5.78. The number of rotatable bonds is 7. The molecule has 2 aromatic carbocycles. The summed E-state index contributed by atoms with van der Waals surface area (Å²) >= 11 is 0. The topological polar surface area (TPSA) is 49.9 Å². The van der Waals surface area contributed by atoms with E-state index in [-0.39, 0.29) is 37.3 Å². The molecular weight excluding hydrogens is 390 g/mol. The minimum Gasteiger partial charge on any atom is -0.493 e. The van der Waals surface area contributed by atoms with Gasteiger partial charge >= 0.3 is 0 Å². The van der Waals surface area contributed by atoms with Crippen LogP contribution in [0.5, 0.6) is 5.75 Å². The third-order valence-electron chi connectivity index (χ3n) is 5.23. The molecular formula is C23H26F2N2O3. The standard InChI is InChI=1S/C23H26F2N2O3/c1-26(15-17-9-10-20(24)21(25)14-17)23(29)18-6-5-12-27(16-18)22(28)11-13-30-19-7-3-2-4-8-19/h2-4,7-10,14,18H,5-6,11-13,15-16H2,1H3. The average molecular weight is 416 g/mol. The zero-order valence-corrected chi connectivity index (χ0v) is 17.0. The zero-order valence-electron chi connectivity index (χ0n) is 17.0. The molecule has 30 heavy (non-hydrogen) atoms. The number of nitrogens with zero attached hydrogens (tertiary/aromatic N) is 2. The SMILES string of the molecule is CN(Cc1ccc(F)c(F)c1)C(=O)C1CCCN(C(=O)CCOc2ccccc2)C1. The van der Waals surface area contributed by atoms with Crippen LogP contribution in [0.2, 0.25) is 0 Å². The lowest BCUT2D eigenvalue weighted by molar-refractivity contribution is -0.140. The maximum Gasteiger partial charge on any atom is 0.227 e. The number of carbonyl (C=O) groups is 2. The van der Waals surface area contributed by atoms with E-state index in [9.17, 15) is 18.4 Å². The first kappa shape index (κ1) is 21.7. The number of carbonyl (C=O) groups excluding carboxylic acids is 2. The Bertz CT molecular complexity index is 876. The van der Waals surface area contributed by atoms with Crippen molar-refractivity contribution >= 4 is 11.8 Å². The van der Waals surface area contributed by atoms with Crippen LogP contribution in [-0.4, -0.2) is 48.4 Å². The second kappa shape index (κ2) is 10.2. The van der Waals surface area contributed by atoms with Gasteiger partial charge in [0.1, 0.15) is 5.75 Å². The average Bonchev–Trinajstić information content (AvgIpc) is 2.76. The van der Waals surface area contributed by atoms with Gasteiger partial charge in [0.15, 0.2) is 11.6 Å². The Kier molecular flexibility index (Phi) is 7.38. The van der Waals surface area contributed by atoms with Crippen molar-refractivity contribution in [2.75, 3.05) is 26.7 Å². The van der Waals surface area contributed by atoms with Gasteiger partial charge in [0.05, 0.1) is 18.9 Å². The van der Waals surface area contributed by atoms with Gasteiger partial charge < -0.3 is 14.5 Å². The molecule has 1 fully saturated rings. The van der Waals surface area contributed by atoms with Gasteiger partial charge in [-0.1, -0.05) is 24.3 Å². The lowest BCUT2D eigenvalue weighted by Crippen LogP contribution is -2.46. The molecule has 0 aliphatic carbocycles. The Morgan fingerprint density at radius 2 is 1.90 bits per heavy atom. The number of piperidine rings is 1. The zero-order chi connectivity index (χ0) is 21.5. The molecule has 2 amide bonds. The number of hydrogen-bond acceptors (Lipinski definition) is 3. The maximum absolute atomic E-state index is 13.4. The number of benzene rings is 2. The Morgan fingerprint density at radius 1 is 1.13 bits per heavy atom. The fourth-order valence-corrected chi connectivity index (χ4v) is 3.64. The number of para-hydroxylation sites is 1. The summed E-state index contributed by atoms with van der Waals surface area (Å²) in [4.78, 5) is 28.6. The molecule has 7 heteroatoms. The molecule has 0 spiro atoms. The summed E-state index contributed by atoms with van der Waals surface area (Å²) in [5.74, 6) is -1.56. The maximum atomic E-state index is 13.4. The van der Waals surface area contributed by atoms with Gasteiger partial charge in [-0.15, -0.1) is 0 Å². The summed E-state index contributed by atoms with van der Waals surface area (Å²) in [7, 11) is 1.64. The van der Waals surface area contributed by atoms with E-state index in [4.69, 9.17) is 4.74 Å². The van der Waals surface area contributed by atoms with E-state index in [1.807, 2.05) is 30.3 Å². The van der Waals surface area contributed by atoms with Gasteiger partial charge in [-0.25, -0.2) is 8.78 Å². The number of likely N-dealkylation sites (tertiary alicyclic amines) is 1. The number of halogens is 2. The van der Waals surface area contributed by atoms with E-state index in [1.54, 1.807) is 11.9 Å². The fourth-order valence-electron chi connectivity index (χ4n) is 3.64. The molecule has 1 saturated heterocycles. The van der Waals surface area contributed by atoms with Crippen LogP contribution in [0, 0.1) is 17.6 Å². The molecule has 0 radical (unpaired) electrons. The predicted octanol–water partition coefficient (Wildman–Crippen LogP) is 3.63. The largest absolute Gasteiger partial charge is 0.493 e. The Labute approximate surface area is 175 Å². The molecule has 160 valence electrons. The predicted molar refractivity (Wildman–Crippen MR) is 109 cm³/mol. The van der Waals surface area contributed by atoms with Gasteiger partial charge in [-0.3, -0.25) is 9.59 Å². The van der Waals surface area contributed by atoms with Gasteiger partial charge in [0.25, 0.3) is 0 Å². The highest BCUT2D eigenvalue weighted by Gasteiger charge is 2.30. The van der Waals surface area contributed by atoms with Gasteiger partial charge in [0.2, 0.25) is 11.8 Å². The molecule has 1 unspecified atom stereocenters. The van der Waals surface area contributed by atoms with Crippen molar-refractivity contribution < 1.29 is 23.1 Å². The van der Waals surface area contributed by atoms with Crippen LogP contribution in [0.3, 0.4) is 0 Å². The van der Waals surface area contributed by atoms with E-state index >= 15 is 0 Å². The van der Waals surface area contributed by atoms with Gasteiger partial charge in [-0.05, 0) is 42.7 Å². The molecule has 2 aromatic rings. The van der Waals surface area contributed by atoms with E-state index in [2.05, 4.69) is 0 Å². The fraction of sp³-hybridized carbons (Fsp3) is 0.391. The second-order valence-electron chi connectivity index (χ2n) is 7.53. The normalized spacial score (nSPS) is 16.2. The summed E-state index contributed by atoms with van der Waals surface area (Å²) in [6, 6.07) is 12.9. The number of hydrogen-bond donors (Lipinski definition) is 0. The van der Waals surface area contributed by atoms with Crippen molar-refractivity contribution in [1.29, 1.82) is 0 Å². The Morgan fingerprint density at radius 3 is 2.63 bits per heavy atom. The van der Waals surface area contributed by atoms with Crippen molar-refractivity contribution in [3.8, 4) is 5.75 Å². The van der Waals surface area contributed by atoms with Crippen LogP contribution in [0.25, 0.3) is 0 Å². The monoisotopic (exact) mass is 416 g/mol. The molecule has 5 nitrogen and oxygen atoms in total. The molecule has 0 bridgehead atoms. The van der Waals surface area contributed by atoms with Crippen molar-refractivity contribution in [2.45, 2.75) is 25.8 Å². The second-order valence-corrected chi connectivity index (χ2v) is 7.53. The lowest BCUT2D eigenvalue weighted by atomic mass is 9.96. The minimum absolute atomic E-state index is 0.0355. The molecule has 0 N–H and O–H groups in total. The van der Waals surface area contributed by atoms with E-state index in [0.29, 0.717) is 25.1 Å². The van der Waals surface area contributed by atoms with Crippen LogP contribution in [0.1, 0.15) is 24.8 Å². The highest BCUT2D eigenvalue weighted by Crippen LogP contribution is 2.21. The summed E-state index contributed by atoms with van der Waals surface area (Å²) in [5, 5.41) is 0. The van der Waals surface area contributed by atoms with Crippen molar-refractivity contribution in [2.24, 2.45) is 5.92 Å². The van der Waals surface area contributed by atoms with Gasteiger partial charge in [0, 0.05) is 26.7 Å². The third-order valence-corrected chi connectivity index (χ3v) is 5.23. The smallest absolute Gasteiger partial charge is 0.227 e. The van der Waals surface area contributed by atoms with Gasteiger partial charge in [-0.2, -0.15) is 0 Å². The first-order chi connectivity index (χ1) is 14.4. The van der Waals surface area contributed by atoms with Crippen LogP contribution >= 0.6 is 0 Å². The lowest BCUT2D eigenvalue weighted by Gasteiger charge is -2.34. The molecule has 0 saturated carbocycles. The summed E-state index contributed by atoms with van der Waals surface area (Å²) in [5.41, 5.74) is 0.520. The molecule has 1 aliphatic heterocycles. The van der Waals surface area contributed by atoms with Crippen LogP contribution in [0.4, 0.5) is 8.78 Å². The van der Waals surface area contributed by atoms with Crippen LogP contribution < -0.4 is 4.74 Å². The van der Waals surface area contributed by atoms with Crippen molar-refractivity contribution in [3.05, 3.63) is 65.7 Å². The molecule has 1 atom stereocenters. The van der Waals surface area contributed by atoms with E-state index in [0.717, 1.165) is 24.3 Å². The Balaban J connectivity index is 1.49. The first-order valence-corrected chi connectivity index (χ1v) is 10.1. The quantitative estimate of drug-likeness (QED) is 0.693. The summed E-state index contributed by atoms with van der Waals surface area (Å²) in [6.45, 7) is 1.46. The number of amides is 2. The molecule has 1 aliphatic rings. The van der Waals surface area contributed by atoms with Crippen LogP contribution in [-0.2, 0) is 16.1 Å². The van der Waals surface area contributed by atoms with Crippen molar-refractivity contribution in [1.82, 2.24) is 9.80 Å². The molecule has 0 aromatic heterocycles. The summed E-state index contributed by atoms with van der Waals surface area (Å²) in [6.07, 6.45) is 1.70. The van der Waals surface area contributed by atoms with E-state index in [1.165, 1.54) is 11.0 Å². The van der Waals surface area contributed by atoms with Crippen LogP contribution in [0.15, 0.2) is 48.5 Å². The minimum atomic E-state index is -0.930. The number of ether oxygens (including phenoxy) is 1.